The fourth-order valence-corrected chi connectivity index (χ4v) is 10.8. The van der Waals surface area contributed by atoms with Crippen LogP contribution in [0.4, 0.5) is 0 Å². The Balaban J connectivity index is -0.000000475. The Morgan fingerprint density at radius 3 is 1.05 bits per heavy atom. The summed E-state index contributed by atoms with van der Waals surface area (Å²) in [5.74, 6) is -14.1. The van der Waals surface area contributed by atoms with Gasteiger partial charge in [0.1, 0.15) is 0 Å². The maximum atomic E-state index is 11.4. The number of rotatable bonds is 30. The molecule has 506 valence electrons. The summed E-state index contributed by atoms with van der Waals surface area (Å²) in [6, 6.07) is 0. The molecule has 15 atom stereocenters. The minimum absolute atomic E-state index is 0.150. The van der Waals surface area contributed by atoms with Gasteiger partial charge < -0.3 is 49.6 Å². The fourth-order valence-electron chi connectivity index (χ4n) is 10.8. The standard InChI is InChI=1S/C12H22O4.2C11H20O4.C11H18O3.C10H18O4.C10H16O3/c1-5-6-8(2)7-10(11(13)14)9(3)12(15)16-4;1-6-11(3,4)8(9(12)13)7(2)10(14)15-5;1-4-5-7(2)6-9(11(14)15)8(3)10(12)13;1-4-5-7(2)6-9-8(3)10(12)14-11(9)13;1-5-10(3,4)7(9(13)14)6(2)8(11)12;1-5-10(3,4)7-6(2)8(11)13-9(7)12/h8-10H,5-7H2,1-4H3,(H,13,14);7-8H,6H2,1-5H3,(H,12,13);7-9H,4-6H2,1-3H3,(H,12,13)(H,14,15);7-9H,4-6H2,1-3H3;6-7H,5H2,1-4H3,(H,11,12)(H,13,14);6-7H,5H2,1-4H3. The average molecular weight is 1250 g/mol. The first-order valence-electron chi connectivity index (χ1n) is 30.8. The summed E-state index contributed by atoms with van der Waals surface area (Å²) in [5.41, 5.74) is -1.06. The molecule has 2 fully saturated rings. The zero-order valence-electron chi connectivity index (χ0n) is 56.9. The van der Waals surface area contributed by atoms with Gasteiger partial charge >= 0.3 is 71.6 Å². The van der Waals surface area contributed by atoms with Gasteiger partial charge in [-0.1, -0.05) is 203 Å². The third-order valence-corrected chi connectivity index (χ3v) is 17.7. The average Bonchev–Trinajstić information content (AvgIpc) is 2.54. The van der Waals surface area contributed by atoms with E-state index in [2.05, 4.69) is 39.7 Å². The predicted octanol–water partition coefficient (Wildman–Crippen LogP) is 12.2. The Kier molecular flexibility index (Phi) is 42.3. The van der Waals surface area contributed by atoms with Crippen molar-refractivity contribution in [2.75, 3.05) is 14.2 Å². The summed E-state index contributed by atoms with van der Waals surface area (Å²) < 4.78 is 18.3. The van der Waals surface area contributed by atoms with Crippen LogP contribution in [-0.2, 0) is 76.5 Å². The number of carbonyl (C=O) groups is 12. The first-order valence-corrected chi connectivity index (χ1v) is 30.8. The number of hydrogen-bond acceptors (Lipinski definition) is 16. The van der Waals surface area contributed by atoms with Crippen molar-refractivity contribution in [3.8, 4) is 0 Å². The van der Waals surface area contributed by atoms with Gasteiger partial charge in [-0.05, 0) is 53.3 Å². The molecule has 2 aliphatic rings. The Morgan fingerprint density at radius 2 is 0.770 bits per heavy atom. The molecule has 87 heavy (non-hydrogen) atoms. The number of aliphatic carboxylic acids is 6. The third-order valence-electron chi connectivity index (χ3n) is 17.7. The van der Waals surface area contributed by atoms with Crippen LogP contribution in [0.1, 0.15) is 222 Å². The Labute approximate surface area is 518 Å². The minimum Gasteiger partial charge on any atom is -0.481 e. The maximum Gasteiger partial charge on any atom is 0.318 e. The Hall–Kier alpha value is -5.96. The highest BCUT2D eigenvalue weighted by Crippen LogP contribution is 2.41. The van der Waals surface area contributed by atoms with Crippen LogP contribution in [0.25, 0.3) is 0 Å². The molecule has 22 heteroatoms. The number of esters is 6. The predicted molar refractivity (Wildman–Crippen MR) is 326 cm³/mol. The molecule has 0 saturated carbocycles. The van der Waals surface area contributed by atoms with Crippen LogP contribution >= 0.6 is 0 Å². The van der Waals surface area contributed by atoms with Crippen LogP contribution in [0.5, 0.6) is 0 Å². The van der Waals surface area contributed by atoms with E-state index < -0.39 is 106 Å². The minimum atomic E-state index is -1.06. The van der Waals surface area contributed by atoms with Crippen molar-refractivity contribution >= 4 is 71.6 Å². The second-order valence-corrected chi connectivity index (χ2v) is 26.0. The summed E-state index contributed by atoms with van der Waals surface area (Å²) in [5, 5.41) is 53.8. The van der Waals surface area contributed by atoms with Crippen LogP contribution < -0.4 is 0 Å². The molecular weight excluding hydrogens is 1130 g/mol. The lowest BCUT2D eigenvalue weighted by Gasteiger charge is -2.33. The molecule has 6 N–H and O–H groups in total. The van der Waals surface area contributed by atoms with Gasteiger partial charge in [0.25, 0.3) is 0 Å². The highest BCUT2D eigenvalue weighted by Gasteiger charge is 2.49. The van der Waals surface area contributed by atoms with Crippen LogP contribution in [0, 0.1) is 105 Å². The quantitative estimate of drug-likeness (QED) is 0.0221. The molecule has 0 aliphatic carbocycles. The molecular formula is C65H114O22. The van der Waals surface area contributed by atoms with Crippen molar-refractivity contribution in [3.63, 3.8) is 0 Å². The molecule has 2 rings (SSSR count). The smallest absolute Gasteiger partial charge is 0.318 e. The highest BCUT2D eigenvalue weighted by atomic mass is 16.6. The summed E-state index contributed by atoms with van der Waals surface area (Å²) in [4.78, 5) is 133. The normalized spacial score (nSPS) is 20.2. The lowest BCUT2D eigenvalue weighted by molar-refractivity contribution is -0.160. The summed E-state index contributed by atoms with van der Waals surface area (Å²) in [7, 11) is 2.56. The van der Waals surface area contributed by atoms with E-state index in [1.807, 2.05) is 69.2 Å². The molecule has 0 aromatic carbocycles. The number of ether oxygens (including phenoxy) is 4. The van der Waals surface area contributed by atoms with E-state index in [1.54, 1.807) is 41.5 Å². The van der Waals surface area contributed by atoms with Crippen molar-refractivity contribution in [2.45, 2.75) is 222 Å². The van der Waals surface area contributed by atoms with E-state index in [1.165, 1.54) is 28.1 Å². The second-order valence-electron chi connectivity index (χ2n) is 26.0. The van der Waals surface area contributed by atoms with Gasteiger partial charge in [0, 0.05) is 0 Å². The van der Waals surface area contributed by atoms with Crippen molar-refractivity contribution < 1.29 is 107 Å². The number of cyclic esters (lactones) is 4. The van der Waals surface area contributed by atoms with Gasteiger partial charge in [-0.3, -0.25) is 57.5 Å². The van der Waals surface area contributed by atoms with Gasteiger partial charge in [0.15, 0.2) is 0 Å². The summed E-state index contributed by atoms with van der Waals surface area (Å²) >= 11 is 0. The molecule has 0 amide bonds. The molecule has 0 radical (unpaired) electrons. The molecule has 22 nitrogen and oxygen atoms in total. The van der Waals surface area contributed by atoms with Crippen molar-refractivity contribution in [1.82, 2.24) is 0 Å². The van der Waals surface area contributed by atoms with E-state index in [0.29, 0.717) is 37.5 Å². The van der Waals surface area contributed by atoms with E-state index in [9.17, 15) is 57.5 Å². The second kappa shape index (κ2) is 42.1. The molecule has 0 aromatic heterocycles. The summed E-state index contributed by atoms with van der Waals surface area (Å²) in [6.45, 7) is 39.0. The molecule has 0 bridgehead atoms. The van der Waals surface area contributed by atoms with Gasteiger partial charge in [0.05, 0.1) is 85.2 Å². The number of carbonyl (C=O) groups excluding carboxylic acids is 6. The zero-order valence-corrected chi connectivity index (χ0v) is 56.9. The molecule has 15 unspecified atom stereocenters. The summed E-state index contributed by atoms with van der Waals surface area (Å²) in [6.07, 6.45) is 10.1. The van der Waals surface area contributed by atoms with Gasteiger partial charge in [0.2, 0.25) is 0 Å². The topological polar surface area (TPSA) is 363 Å². The van der Waals surface area contributed by atoms with Crippen LogP contribution in [0.15, 0.2) is 0 Å². The maximum absolute atomic E-state index is 11.4. The van der Waals surface area contributed by atoms with E-state index in [-0.39, 0.29) is 58.9 Å². The van der Waals surface area contributed by atoms with E-state index >= 15 is 0 Å². The van der Waals surface area contributed by atoms with Gasteiger partial charge in [-0.25, -0.2) is 0 Å². The van der Waals surface area contributed by atoms with Crippen molar-refractivity contribution in [2.24, 2.45) is 105 Å². The molecule has 2 saturated heterocycles. The fraction of sp³-hybridized carbons (Fsp3) is 0.815. The van der Waals surface area contributed by atoms with Gasteiger partial charge in [-0.2, -0.15) is 0 Å². The highest BCUT2D eigenvalue weighted by molar-refractivity contribution is 5.97. The largest absolute Gasteiger partial charge is 0.481 e. The first kappa shape index (κ1) is 87.5. The molecule has 2 aliphatic heterocycles. The van der Waals surface area contributed by atoms with E-state index in [4.69, 9.17) is 30.6 Å². The van der Waals surface area contributed by atoms with Crippen LogP contribution in [0.2, 0.25) is 0 Å². The number of methoxy groups -OCH3 is 2. The molecule has 0 spiro atoms. The SMILES string of the molecule is CCC(C)(C)C(C(=O)O)C(C)C(=O)O.CCC(C)(C)C(C(=O)O)C(C)C(=O)OC.CCC(C)(C)C1C(=O)OC(=O)C1C.CCCC(C)CC(C(=O)O)C(C)C(=O)O.CCCC(C)CC(C(=O)O)C(C)C(=O)OC.CCCC(C)CC1C(=O)OC(=O)C1C. The van der Waals surface area contributed by atoms with Crippen LogP contribution in [-0.4, -0.2) is 116 Å². The zero-order chi connectivity index (χ0) is 69.4. The number of carboxylic acids is 6. The number of hydrogen-bond donors (Lipinski definition) is 6. The third kappa shape index (κ3) is 30.7. The number of carboxylic acid groups (broad SMARTS) is 6. The van der Waals surface area contributed by atoms with Crippen molar-refractivity contribution in [1.29, 1.82) is 0 Å². The Morgan fingerprint density at radius 1 is 0.437 bits per heavy atom. The lowest BCUT2D eigenvalue weighted by Crippen LogP contribution is -2.39. The molecule has 0 aromatic rings. The first-order chi connectivity index (χ1) is 39.8. The van der Waals surface area contributed by atoms with Crippen LogP contribution in [0.3, 0.4) is 0 Å². The lowest BCUT2D eigenvalue weighted by atomic mass is 9.71. The molecule has 2 heterocycles. The van der Waals surface area contributed by atoms with Crippen molar-refractivity contribution in [3.05, 3.63) is 0 Å². The van der Waals surface area contributed by atoms with E-state index in [0.717, 1.165) is 51.4 Å². The van der Waals surface area contributed by atoms with Gasteiger partial charge in [-0.15, -0.1) is 0 Å². The Bertz CT molecular complexity index is 2200. The monoisotopic (exact) mass is 1250 g/mol.